The second-order valence-corrected chi connectivity index (χ2v) is 8.48. The number of alkyl halides is 3. The van der Waals surface area contributed by atoms with Crippen LogP contribution in [0, 0.1) is 11.3 Å². The van der Waals surface area contributed by atoms with Crippen molar-refractivity contribution in [3.8, 4) is 0 Å². The number of carbonyl (C=O) groups is 1. The summed E-state index contributed by atoms with van der Waals surface area (Å²) in [6, 6.07) is 0.153. The van der Waals surface area contributed by atoms with E-state index >= 15 is 0 Å². The van der Waals surface area contributed by atoms with Gasteiger partial charge in [-0.15, -0.1) is 0 Å². The summed E-state index contributed by atoms with van der Waals surface area (Å²) in [6.07, 6.45) is 0.516. The summed E-state index contributed by atoms with van der Waals surface area (Å²) in [5.41, 5.74) is -0.491. The van der Waals surface area contributed by atoms with Crippen molar-refractivity contribution in [3.63, 3.8) is 0 Å². The number of hydrogen-bond acceptors (Lipinski definition) is 5. The molecule has 1 aromatic rings. The fourth-order valence-corrected chi connectivity index (χ4v) is 4.72. The zero-order valence-electron chi connectivity index (χ0n) is 16.7. The summed E-state index contributed by atoms with van der Waals surface area (Å²) in [7, 11) is 0. The Labute approximate surface area is 163 Å². The fraction of sp³-hybridized carbons (Fsp3) is 0.842. The molecule has 2 bridgehead atoms. The number of hydrogen-bond donors (Lipinski definition) is 1. The smallest absolute Gasteiger partial charge is 0.356 e. The highest BCUT2D eigenvalue weighted by molar-refractivity contribution is 5.84. The third kappa shape index (κ3) is 4.04. The van der Waals surface area contributed by atoms with Crippen molar-refractivity contribution in [2.75, 3.05) is 6.54 Å². The normalized spacial score (nSPS) is 27.7. The van der Waals surface area contributed by atoms with E-state index in [9.17, 15) is 18.0 Å². The lowest BCUT2D eigenvalue weighted by atomic mass is 9.69. The summed E-state index contributed by atoms with van der Waals surface area (Å²) in [6.45, 7) is 7.09. The topological polar surface area (TPSA) is 71.3 Å². The minimum absolute atomic E-state index is 0.00524. The number of halogens is 3. The fourth-order valence-electron chi connectivity index (χ4n) is 4.72. The molecule has 0 aromatic carbocycles. The molecule has 0 aliphatic carbocycles. The van der Waals surface area contributed by atoms with Crippen LogP contribution in [0.25, 0.3) is 0 Å². The van der Waals surface area contributed by atoms with E-state index in [-0.39, 0.29) is 30.4 Å². The molecule has 0 spiro atoms. The summed E-state index contributed by atoms with van der Waals surface area (Å²) in [5, 5.41) is 6.12. The number of nitrogens with zero attached hydrogens (tertiary/aromatic N) is 3. The standard InChI is InChI=1S/C19H29F3N4O2/c1-4-9-23-17(27)18(8-7-12(2)3)10-13-5-6-14(18)26(13)11-15-24-16(25-28-15)19(20,21)22/h12-14H,4-11H2,1-3H3,(H,23,27)/t13-,14+,18+/m1/s1. The van der Waals surface area contributed by atoms with Gasteiger partial charge in [0.15, 0.2) is 0 Å². The van der Waals surface area contributed by atoms with Gasteiger partial charge in [0.25, 0.3) is 5.82 Å². The van der Waals surface area contributed by atoms with Gasteiger partial charge < -0.3 is 9.84 Å². The third-order valence-corrected chi connectivity index (χ3v) is 6.08. The van der Waals surface area contributed by atoms with Crippen LogP contribution in [-0.2, 0) is 17.5 Å². The molecule has 158 valence electrons. The first-order valence-corrected chi connectivity index (χ1v) is 10.1. The van der Waals surface area contributed by atoms with Gasteiger partial charge in [-0.1, -0.05) is 25.9 Å². The van der Waals surface area contributed by atoms with Crippen molar-refractivity contribution < 1.29 is 22.5 Å². The Morgan fingerprint density at radius 2 is 2.14 bits per heavy atom. The highest BCUT2D eigenvalue weighted by atomic mass is 19.4. The van der Waals surface area contributed by atoms with Crippen LogP contribution in [0.5, 0.6) is 0 Å². The molecule has 1 amide bonds. The highest BCUT2D eigenvalue weighted by Gasteiger charge is 2.59. The lowest BCUT2D eigenvalue weighted by Gasteiger charge is -2.37. The summed E-state index contributed by atoms with van der Waals surface area (Å²) < 4.78 is 43.1. The summed E-state index contributed by atoms with van der Waals surface area (Å²) in [4.78, 5) is 18.7. The highest BCUT2D eigenvalue weighted by Crippen LogP contribution is 2.53. The van der Waals surface area contributed by atoms with Gasteiger partial charge in [0.2, 0.25) is 11.8 Å². The van der Waals surface area contributed by atoms with E-state index in [1.807, 2.05) is 6.92 Å². The first-order valence-electron chi connectivity index (χ1n) is 10.1. The van der Waals surface area contributed by atoms with Gasteiger partial charge in [0, 0.05) is 18.6 Å². The molecular formula is C19H29F3N4O2. The van der Waals surface area contributed by atoms with E-state index in [1.165, 1.54) is 0 Å². The third-order valence-electron chi connectivity index (χ3n) is 6.08. The number of fused-ring (bicyclic) bond motifs is 2. The van der Waals surface area contributed by atoms with Crippen LogP contribution in [0.1, 0.15) is 71.0 Å². The van der Waals surface area contributed by atoms with E-state index in [4.69, 9.17) is 4.52 Å². The maximum atomic E-state index is 13.1. The average molecular weight is 402 g/mol. The van der Waals surface area contributed by atoms with Crippen molar-refractivity contribution in [1.82, 2.24) is 20.4 Å². The Balaban J connectivity index is 1.79. The second-order valence-electron chi connectivity index (χ2n) is 8.48. The Kier molecular flexibility index (Phi) is 6.03. The first kappa shape index (κ1) is 21.1. The number of carbonyl (C=O) groups excluding carboxylic acids is 1. The number of aromatic nitrogens is 2. The monoisotopic (exact) mass is 402 g/mol. The Morgan fingerprint density at radius 3 is 2.75 bits per heavy atom. The zero-order chi connectivity index (χ0) is 20.5. The van der Waals surface area contributed by atoms with Crippen LogP contribution < -0.4 is 5.32 Å². The molecule has 28 heavy (non-hydrogen) atoms. The van der Waals surface area contributed by atoms with Gasteiger partial charge >= 0.3 is 6.18 Å². The van der Waals surface area contributed by atoms with E-state index in [2.05, 4.69) is 34.2 Å². The van der Waals surface area contributed by atoms with Gasteiger partial charge in [0.05, 0.1) is 12.0 Å². The molecule has 9 heteroatoms. The van der Waals surface area contributed by atoms with Crippen LogP contribution >= 0.6 is 0 Å². The van der Waals surface area contributed by atoms with Crippen LogP contribution in [0.4, 0.5) is 13.2 Å². The van der Waals surface area contributed by atoms with Gasteiger partial charge in [-0.3, -0.25) is 9.69 Å². The van der Waals surface area contributed by atoms with Crippen molar-refractivity contribution in [2.24, 2.45) is 11.3 Å². The van der Waals surface area contributed by atoms with Crippen molar-refractivity contribution in [2.45, 2.75) is 84.1 Å². The number of rotatable bonds is 8. The second kappa shape index (κ2) is 8.00. The summed E-state index contributed by atoms with van der Waals surface area (Å²) >= 11 is 0. The van der Waals surface area contributed by atoms with Crippen LogP contribution in [0.3, 0.4) is 0 Å². The molecule has 1 N–H and O–H groups in total. The minimum Gasteiger partial charge on any atom is -0.356 e. The quantitative estimate of drug-likeness (QED) is 0.717. The Hall–Kier alpha value is -1.64. The molecule has 3 rings (SSSR count). The molecule has 0 unspecified atom stereocenters. The largest absolute Gasteiger partial charge is 0.455 e. The first-order chi connectivity index (χ1) is 13.2. The Morgan fingerprint density at radius 1 is 1.39 bits per heavy atom. The summed E-state index contributed by atoms with van der Waals surface area (Å²) in [5.74, 6) is -0.735. The number of amides is 1. The van der Waals surface area contributed by atoms with Crippen LogP contribution in [-0.4, -0.2) is 39.6 Å². The molecule has 6 nitrogen and oxygen atoms in total. The van der Waals surface area contributed by atoms with Gasteiger partial charge in [0.1, 0.15) is 0 Å². The molecular weight excluding hydrogens is 373 g/mol. The van der Waals surface area contributed by atoms with Gasteiger partial charge in [-0.05, 0) is 44.4 Å². The predicted octanol–water partition coefficient (Wildman–Crippen LogP) is 3.77. The lowest BCUT2D eigenvalue weighted by molar-refractivity contribution is -0.146. The molecule has 3 atom stereocenters. The molecule has 2 saturated heterocycles. The molecule has 1 aromatic heterocycles. The van der Waals surface area contributed by atoms with E-state index in [0.29, 0.717) is 12.5 Å². The van der Waals surface area contributed by atoms with Crippen LogP contribution in [0.15, 0.2) is 4.52 Å². The van der Waals surface area contributed by atoms with E-state index in [0.717, 1.165) is 38.5 Å². The lowest BCUT2D eigenvalue weighted by Crippen LogP contribution is -2.49. The SMILES string of the molecule is CCCNC(=O)[C@@]1(CCC(C)C)C[C@H]2CC[C@@H]1N2Cc1nc(C(F)(F)F)no1. The molecule has 2 fully saturated rings. The zero-order valence-corrected chi connectivity index (χ0v) is 16.7. The van der Waals surface area contributed by atoms with E-state index in [1.54, 1.807) is 0 Å². The van der Waals surface area contributed by atoms with E-state index < -0.39 is 17.4 Å². The number of nitrogens with one attached hydrogen (secondary N) is 1. The van der Waals surface area contributed by atoms with Crippen molar-refractivity contribution in [3.05, 3.63) is 11.7 Å². The molecule has 2 aliphatic heterocycles. The van der Waals surface area contributed by atoms with Crippen molar-refractivity contribution >= 4 is 5.91 Å². The van der Waals surface area contributed by atoms with Gasteiger partial charge in [-0.2, -0.15) is 18.2 Å². The molecule has 0 radical (unpaired) electrons. The molecule has 0 saturated carbocycles. The Bertz CT molecular complexity index is 691. The van der Waals surface area contributed by atoms with Gasteiger partial charge in [-0.25, -0.2) is 0 Å². The predicted molar refractivity (Wildman–Crippen MR) is 96.1 cm³/mol. The maximum Gasteiger partial charge on any atom is 0.455 e. The van der Waals surface area contributed by atoms with Crippen molar-refractivity contribution in [1.29, 1.82) is 0 Å². The minimum atomic E-state index is -4.62. The average Bonchev–Trinajstić information content (AvgIpc) is 3.32. The molecule has 2 aliphatic rings. The molecule has 3 heterocycles. The van der Waals surface area contributed by atoms with Crippen LogP contribution in [0.2, 0.25) is 0 Å². The maximum absolute atomic E-state index is 13.1.